The van der Waals surface area contributed by atoms with Crippen LogP contribution in [0.3, 0.4) is 0 Å². The molecular formula is C10H11KO3. The SMILES string of the molecule is COc1ccc(CCC(=O)[O-])cc1.[K+]. The molecule has 0 heterocycles. The molecule has 0 saturated carbocycles. The molecule has 0 bridgehead atoms. The van der Waals surface area contributed by atoms with Gasteiger partial charge < -0.3 is 14.6 Å². The van der Waals surface area contributed by atoms with Gasteiger partial charge in [-0.25, -0.2) is 0 Å². The molecule has 1 aromatic carbocycles. The smallest absolute Gasteiger partial charge is 0.550 e. The average Bonchev–Trinajstić information content (AvgIpc) is 2.15. The number of carbonyl (C=O) groups excluding carboxylic acids is 1. The van der Waals surface area contributed by atoms with Crippen LogP contribution in [-0.4, -0.2) is 13.1 Å². The zero-order valence-electron chi connectivity index (χ0n) is 8.45. The fraction of sp³-hybridized carbons (Fsp3) is 0.300. The minimum Gasteiger partial charge on any atom is -0.550 e. The van der Waals surface area contributed by atoms with E-state index in [1.807, 2.05) is 24.3 Å². The number of methoxy groups -OCH3 is 1. The number of rotatable bonds is 4. The van der Waals surface area contributed by atoms with Crippen molar-refractivity contribution < 1.29 is 66.0 Å². The average molecular weight is 218 g/mol. The Morgan fingerprint density at radius 1 is 1.36 bits per heavy atom. The van der Waals surface area contributed by atoms with Crippen molar-refractivity contribution in [3.05, 3.63) is 29.8 Å². The Bertz CT molecular complexity index is 282. The summed E-state index contributed by atoms with van der Waals surface area (Å²) in [6.07, 6.45) is 0.568. The predicted octanol–water partition coefficient (Wildman–Crippen LogP) is -2.62. The molecule has 1 rings (SSSR count). The molecule has 0 atom stereocenters. The van der Waals surface area contributed by atoms with Crippen molar-refractivity contribution in [2.24, 2.45) is 0 Å². The molecule has 0 aliphatic heterocycles. The molecule has 3 nitrogen and oxygen atoms in total. The molecule has 0 spiro atoms. The zero-order chi connectivity index (χ0) is 9.68. The van der Waals surface area contributed by atoms with Crippen molar-refractivity contribution in [1.82, 2.24) is 0 Å². The van der Waals surface area contributed by atoms with Gasteiger partial charge in [0.1, 0.15) is 5.75 Å². The van der Waals surface area contributed by atoms with Gasteiger partial charge in [-0.2, -0.15) is 0 Å². The fourth-order valence-electron chi connectivity index (χ4n) is 1.04. The standard InChI is InChI=1S/C10H12O3.K/c1-13-9-5-2-8(3-6-9)4-7-10(11)12;/h2-3,5-6H,4,7H2,1H3,(H,11,12);/q;+1/p-1. The molecule has 0 saturated heterocycles. The van der Waals surface area contributed by atoms with Crippen LogP contribution in [0.1, 0.15) is 12.0 Å². The third-order valence-electron chi connectivity index (χ3n) is 1.78. The Labute approximate surface area is 126 Å². The molecule has 4 heteroatoms. The number of ether oxygens (including phenoxy) is 1. The third-order valence-corrected chi connectivity index (χ3v) is 1.78. The quantitative estimate of drug-likeness (QED) is 0.520. The summed E-state index contributed by atoms with van der Waals surface area (Å²) in [5.41, 5.74) is 0.977. The van der Waals surface area contributed by atoms with E-state index >= 15 is 0 Å². The van der Waals surface area contributed by atoms with E-state index in [0.29, 0.717) is 6.42 Å². The molecule has 0 aliphatic rings. The Balaban J connectivity index is 0.00000169. The zero-order valence-corrected chi connectivity index (χ0v) is 11.6. The molecule has 0 aliphatic carbocycles. The number of benzene rings is 1. The van der Waals surface area contributed by atoms with Crippen LogP contribution in [0, 0.1) is 0 Å². The van der Waals surface area contributed by atoms with Crippen LogP contribution < -0.4 is 61.2 Å². The van der Waals surface area contributed by atoms with Gasteiger partial charge in [-0.15, -0.1) is 0 Å². The summed E-state index contributed by atoms with van der Waals surface area (Å²) >= 11 is 0. The molecule has 0 unspecified atom stereocenters. The predicted molar refractivity (Wildman–Crippen MR) is 46.3 cm³/mol. The first-order chi connectivity index (χ1) is 6.22. The number of hydrogen-bond acceptors (Lipinski definition) is 3. The maximum Gasteiger partial charge on any atom is 1.00 e. The molecule has 1 aromatic rings. The van der Waals surface area contributed by atoms with Crippen LogP contribution in [-0.2, 0) is 11.2 Å². The van der Waals surface area contributed by atoms with Crippen LogP contribution in [0.25, 0.3) is 0 Å². The second-order valence-electron chi connectivity index (χ2n) is 2.72. The van der Waals surface area contributed by atoms with Crippen molar-refractivity contribution in [3.63, 3.8) is 0 Å². The van der Waals surface area contributed by atoms with Gasteiger partial charge in [-0.1, -0.05) is 12.1 Å². The molecule has 0 aromatic heterocycles. The van der Waals surface area contributed by atoms with Gasteiger partial charge in [-0.3, -0.25) is 0 Å². The summed E-state index contributed by atoms with van der Waals surface area (Å²) in [6, 6.07) is 7.32. The Hall–Kier alpha value is 0.126. The molecule has 0 fully saturated rings. The van der Waals surface area contributed by atoms with Crippen LogP contribution in [0.15, 0.2) is 24.3 Å². The number of hydrogen-bond donors (Lipinski definition) is 0. The summed E-state index contributed by atoms with van der Waals surface area (Å²) < 4.78 is 4.97. The van der Waals surface area contributed by atoms with Crippen LogP contribution in [0.2, 0.25) is 0 Å². The number of carboxylic acid groups (broad SMARTS) is 1. The normalized spacial score (nSPS) is 8.93. The summed E-state index contributed by atoms with van der Waals surface area (Å²) in [5, 5.41) is 10.2. The van der Waals surface area contributed by atoms with Gasteiger partial charge in [0.05, 0.1) is 7.11 Å². The van der Waals surface area contributed by atoms with E-state index in [0.717, 1.165) is 11.3 Å². The third kappa shape index (κ3) is 5.12. The minimum absolute atomic E-state index is 0. The van der Waals surface area contributed by atoms with Crippen LogP contribution in [0.4, 0.5) is 0 Å². The summed E-state index contributed by atoms with van der Waals surface area (Å²) in [7, 11) is 1.59. The second-order valence-corrected chi connectivity index (χ2v) is 2.72. The second kappa shape index (κ2) is 7.42. The molecule has 0 amide bonds. The van der Waals surface area contributed by atoms with Gasteiger partial charge in [-0.05, 0) is 30.5 Å². The Morgan fingerprint density at radius 2 is 1.93 bits per heavy atom. The summed E-state index contributed by atoms with van der Waals surface area (Å²) in [6.45, 7) is 0. The van der Waals surface area contributed by atoms with Crippen molar-refractivity contribution >= 4 is 5.97 Å². The first-order valence-corrected chi connectivity index (χ1v) is 4.05. The molecule has 70 valence electrons. The van der Waals surface area contributed by atoms with E-state index in [2.05, 4.69) is 0 Å². The molecule has 0 N–H and O–H groups in total. The van der Waals surface area contributed by atoms with Crippen LogP contribution in [0.5, 0.6) is 5.75 Å². The van der Waals surface area contributed by atoms with Gasteiger partial charge >= 0.3 is 51.4 Å². The van der Waals surface area contributed by atoms with Crippen molar-refractivity contribution in [2.45, 2.75) is 12.8 Å². The fourth-order valence-corrected chi connectivity index (χ4v) is 1.04. The molecule has 0 radical (unpaired) electrons. The van der Waals surface area contributed by atoms with Crippen molar-refractivity contribution in [2.75, 3.05) is 7.11 Å². The van der Waals surface area contributed by atoms with Crippen molar-refractivity contribution in [3.8, 4) is 5.75 Å². The van der Waals surface area contributed by atoms with Crippen molar-refractivity contribution in [1.29, 1.82) is 0 Å². The maximum atomic E-state index is 10.2. The monoisotopic (exact) mass is 218 g/mol. The topological polar surface area (TPSA) is 49.4 Å². The van der Waals surface area contributed by atoms with E-state index in [1.54, 1.807) is 7.11 Å². The Morgan fingerprint density at radius 3 is 2.36 bits per heavy atom. The van der Waals surface area contributed by atoms with E-state index in [4.69, 9.17) is 4.74 Å². The van der Waals surface area contributed by atoms with Gasteiger partial charge in [0.25, 0.3) is 0 Å². The first-order valence-electron chi connectivity index (χ1n) is 4.05. The number of aryl methyl sites for hydroxylation is 1. The van der Waals surface area contributed by atoms with Gasteiger partial charge in [0.15, 0.2) is 0 Å². The van der Waals surface area contributed by atoms with Gasteiger partial charge in [0.2, 0.25) is 0 Å². The number of carbonyl (C=O) groups is 1. The summed E-state index contributed by atoms with van der Waals surface area (Å²) in [5.74, 6) is -0.243. The van der Waals surface area contributed by atoms with Crippen LogP contribution >= 0.6 is 0 Å². The molecular weight excluding hydrogens is 207 g/mol. The first kappa shape index (κ1) is 14.1. The number of carboxylic acids is 1. The van der Waals surface area contributed by atoms with E-state index in [9.17, 15) is 9.90 Å². The minimum atomic E-state index is -1.02. The largest absolute Gasteiger partial charge is 1.00 e. The van der Waals surface area contributed by atoms with E-state index in [1.165, 1.54) is 0 Å². The maximum absolute atomic E-state index is 10.2. The number of aliphatic carboxylic acids is 1. The van der Waals surface area contributed by atoms with Gasteiger partial charge in [0, 0.05) is 5.97 Å². The van der Waals surface area contributed by atoms with E-state index in [-0.39, 0.29) is 57.8 Å². The van der Waals surface area contributed by atoms with E-state index < -0.39 is 5.97 Å². The molecule has 14 heavy (non-hydrogen) atoms. The summed E-state index contributed by atoms with van der Waals surface area (Å²) in [4.78, 5) is 10.2. The Kier molecular flexibility index (Phi) is 7.49.